The molecule has 0 bridgehead atoms. The molecule has 0 aromatic carbocycles. The van der Waals surface area contributed by atoms with Crippen LogP contribution in [0, 0.1) is 11.8 Å². The molecule has 0 aromatic heterocycles. The first-order chi connectivity index (χ1) is 8.70. The Labute approximate surface area is 110 Å². The molecule has 104 valence electrons. The molecule has 4 nitrogen and oxygen atoms in total. The normalized spacial score (nSPS) is 32.2. The molecule has 3 unspecified atom stereocenters. The summed E-state index contributed by atoms with van der Waals surface area (Å²) in [6, 6.07) is 0.338. The number of carbonyl (C=O) groups excluding carboxylic acids is 1. The first-order valence-corrected chi connectivity index (χ1v) is 7.34. The average Bonchev–Trinajstić information content (AvgIpc) is 2.73. The molecule has 18 heavy (non-hydrogen) atoms. The lowest BCUT2D eigenvalue weighted by Gasteiger charge is -2.29. The highest BCUT2D eigenvalue weighted by Crippen LogP contribution is 2.35. The third-order valence-corrected chi connectivity index (χ3v) is 4.34. The lowest BCUT2D eigenvalue weighted by atomic mass is 9.78. The predicted molar refractivity (Wildman–Crippen MR) is 71.1 cm³/mol. The molecule has 1 aliphatic heterocycles. The fourth-order valence-electron chi connectivity index (χ4n) is 3.30. The molecule has 2 N–H and O–H groups in total. The third kappa shape index (κ3) is 3.45. The maximum atomic E-state index is 11.7. The summed E-state index contributed by atoms with van der Waals surface area (Å²) >= 11 is 0. The molecule has 2 rings (SSSR count). The van der Waals surface area contributed by atoms with Gasteiger partial charge in [-0.25, -0.2) is 0 Å². The molecule has 2 fully saturated rings. The van der Waals surface area contributed by atoms with Crippen LogP contribution in [0.15, 0.2) is 0 Å². The van der Waals surface area contributed by atoms with Crippen molar-refractivity contribution in [1.82, 2.24) is 4.90 Å². The van der Waals surface area contributed by atoms with Crippen molar-refractivity contribution in [1.29, 1.82) is 0 Å². The van der Waals surface area contributed by atoms with Gasteiger partial charge < -0.3 is 10.5 Å². The van der Waals surface area contributed by atoms with Crippen LogP contribution in [-0.4, -0.2) is 43.2 Å². The molecular formula is C14H26N2O2. The van der Waals surface area contributed by atoms with Crippen LogP contribution >= 0.6 is 0 Å². The monoisotopic (exact) mass is 254 g/mol. The highest BCUT2D eigenvalue weighted by atomic mass is 16.5. The summed E-state index contributed by atoms with van der Waals surface area (Å²) in [5, 5.41) is 0. The van der Waals surface area contributed by atoms with Gasteiger partial charge in [-0.2, -0.15) is 0 Å². The molecule has 4 heteroatoms. The van der Waals surface area contributed by atoms with Gasteiger partial charge in [-0.3, -0.25) is 9.69 Å². The second-order valence-electron chi connectivity index (χ2n) is 5.79. The molecule has 2 aliphatic rings. The second kappa shape index (κ2) is 6.53. The molecule has 3 atom stereocenters. The topological polar surface area (TPSA) is 55.6 Å². The summed E-state index contributed by atoms with van der Waals surface area (Å²) in [6.45, 7) is 5.12. The van der Waals surface area contributed by atoms with Gasteiger partial charge in [-0.15, -0.1) is 0 Å². The molecule has 1 saturated carbocycles. The second-order valence-corrected chi connectivity index (χ2v) is 5.79. The number of hydrogen-bond acceptors (Lipinski definition) is 4. The van der Waals surface area contributed by atoms with E-state index in [1.165, 1.54) is 12.8 Å². The van der Waals surface area contributed by atoms with Crippen LogP contribution in [0.3, 0.4) is 0 Å². The first-order valence-electron chi connectivity index (χ1n) is 7.34. The van der Waals surface area contributed by atoms with E-state index in [0.717, 1.165) is 32.4 Å². The predicted octanol–water partition coefficient (Wildman–Crippen LogP) is 1.39. The van der Waals surface area contributed by atoms with Crippen LogP contribution in [0.1, 0.15) is 39.0 Å². The molecule has 1 saturated heterocycles. The van der Waals surface area contributed by atoms with Crippen molar-refractivity contribution < 1.29 is 9.53 Å². The Bertz CT molecular complexity index is 283. The van der Waals surface area contributed by atoms with Crippen LogP contribution in [0.4, 0.5) is 0 Å². The fraction of sp³-hybridized carbons (Fsp3) is 0.929. The lowest BCUT2D eigenvalue weighted by molar-refractivity contribution is -0.144. The minimum Gasteiger partial charge on any atom is -0.465 e. The van der Waals surface area contributed by atoms with Crippen LogP contribution in [0.25, 0.3) is 0 Å². The number of unbranched alkanes of at least 4 members (excludes halogenated alkanes) is 1. The van der Waals surface area contributed by atoms with Crippen LogP contribution in [-0.2, 0) is 9.53 Å². The summed E-state index contributed by atoms with van der Waals surface area (Å²) < 4.78 is 5.21. The number of ether oxygens (including phenoxy) is 1. The van der Waals surface area contributed by atoms with Crippen LogP contribution in [0.2, 0.25) is 0 Å². The zero-order valence-electron chi connectivity index (χ0n) is 11.4. The molecule has 0 amide bonds. The fourth-order valence-corrected chi connectivity index (χ4v) is 3.30. The van der Waals surface area contributed by atoms with Gasteiger partial charge in [0.2, 0.25) is 0 Å². The van der Waals surface area contributed by atoms with Gasteiger partial charge >= 0.3 is 5.97 Å². The lowest BCUT2D eigenvalue weighted by Crippen LogP contribution is -2.38. The van der Waals surface area contributed by atoms with Gasteiger partial charge in [0, 0.05) is 19.1 Å². The molecular weight excluding hydrogens is 228 g/mol. The van der Waals surface area contributed by atoms with Crippen molar-refractivity contribution in [2.75, 3.05) is 26.2 Å². The Balaban J connectivity index is 1.73. The Morgan fingerprint density at radius 3 is 2.94 bits per heavy atom. The zero-order valence-corrected chi connectivity index (χ0v) is 11.4. The SMILES string of the molecule is CCCCOC(=O)CN1CC2CCCC(N)C2C1. The van der Waals surface area contributed by atoms with Gasteiger partial charge in [0.05, 0.1) is 13.2 Å². The van der Waals surface area contributed by atoms with E-state index in [0.29, 0.717) is 31.0 Å². The minimum absolute atomic E-state index is 0.0735. The van der Waals surface area contributed by atoms with E-state index in [1.807, 2.05) is 0 Å². The van der Waals surface area contributed by atoms with E-state index in [9.17, 15) is 4.79 Å². The zero-order chi connectivity index (χ0) is 13.0. The number of likely N-dealkylation sites (tertiary alicyclic amines) is 1. The summed E-state index contributed by atoms with van der Waals surface area (Å²) in [7, 11) is 0. The van der Waals surface area contributed by atoms with E-state index in [4.69, 9.17) is 10.5 Å². The molecule has 0 aromatic rings. The standard InChI is InChI=1S/C14H26N2O2/c1-2-3-7-18-14(17)10-16-8-11-5-4-6-13(15)12(11)9-16/h11-13H,2-10,15H2,1H3. The molecule has 1 aliphatic carbocycles. The highest BCUT2D eigenvalue weighted by Gasteiger charge is 2.39. The first kappa shape index (κ1) is 13.8. The Morgan fingerprint density at radius 1 is 1.39 bits per heavy atom. The van der Waals surface area contributed by atoms with Crippen LogP contribution in [0.5, 0.6) is 0 Å². The average molecular weight is 254 g/mol. The van der Waals surface area contributed by atoms with E-state index in [1.54, 1.807) is 0 Å². The van der Waals surface area contributed by atoms with Gasteiger partial charge in [0.15, 0.2) is 0 Å². The van der Waals surface area contributed by atoms with Gasteiger partial charge in [-0.1, -0.05) is 19.8 Å². The van der Waals surface area contributed by atoms with E-state index in [2.05, 4.69) is 11.8 Å². The van der Waals surface area contributed by atoms with Gasteiger partial charge in [0.25, 0.3) is 0 Å². The summed E-state index contributed by atoms with van der Waals surface area (Å²) in [6.07, 6.45) is 5.70. The number of nitrogens with two attached hydrogens (primary N) is 1. The number of esters is 1. The number of rotatable bonds is 5. The molecule has 1 heterocycles. The smallest absolute Gasteiger partial charge is 0.320 e. The van der Waals surface area contributed by atoms with E-state index >= 15 is 0 Å². The number of carbonyl (C=O) groups is 1. The maximum Gasteiger partial charge on any atom is 0.320 e. The molecule has 0 radical (unpaired) electrons. The highest BCUT2D eigenvalue weighted by molar-refractivity contribution is 5.71. The van der Waals surface area contributed by atoms with Crippen molar-refractivity contribution in [2.45, 2.75) is 45.1 Å². The Kier molecular flexibility index (Phi) is 5.01. The van der Waals surface area contributed by atoms with Crippen molar-refractivity contribution in [2.24, 2.45) is 17.6 Å². The summed E-state index contributed by atoms with van der Waals surface area (Å²) in [4.78, 5) is 13.9. The van der Waals surface area contributed by atoms with Crippen molar-refractivity contribution in [3.63, 3.8) is 0 Å². The quantitative estimate of drug-likeness (QED) is 0.595. The van der Waals surface area contributed by atoms with Crippen molar-refractivity contribution in [3.05, 3.63) is 0 Å². The molecule has 0 spiro atoms. The van der Waals surface area contributed by atoms with Gasteiger partial charge in [-0.05, 0) is 31.1 Å². The maximum absolute atomic E-state index is 11.7. The number of hydrogen-bond donors (Lipinski definition) is 1. The largest absolute Gasteiger partial charge is 0.465 e. The Hall–Kier alpha value is -0.610. The van der Waals surface area contributed by atoms with Crippen molar-refractivity contribution in [3.8, 4) is 0 Å². The Morgan fingerprint density at radius 2 is 2.22 bits per heavy atom. The van der Waals surface area contributed by atoms with E-state index in [-0.39, 0.29) is 5.97 Å². The van der Waals surface area contributed by atoms with Gasteiger partial charge in [0.1, 0.15) is 0 Å². The minimum atomic E-state index is -0.0735. The summed E-state index contributed by atoms with van der Waals surface area (Å²) in [5.74, 6) is 1.23. The van der Waals surface area contributed by atoms with Crippen LogP contribution < -0.4 is 5.73 Å². The number of fused-ring (bicyclic) bond motifs is 1. The summed E-state index contributed by atoms with van der Waals surface area (Å²) in [5.41, 5.74) is 6.17. The van der Waals surface area contributed by atoms with Crippen molar-refractivity contribution >= 4 is 5.97 Å². The number of nitrogens with zero attached hydrogens (tertiary/aromatic N) is 1. The third-order valence-electron chi connectivity index (χ3n) is 4.34. The van der Waals surface area contributed by atoms with E-state index < -0.39 is 0 Å².